The normalized spacial score (nSPS) is 36.1. The molecule has 4 atom stereocenters. The summed E-state index contributed by atoms with van der Waals surface area (Å²) >= 11 is 0. The number of hydrogen-bond donors (Lipinski definition) is 2. The average molecular weight is 556 g/mol. The van der Waals surface area contributed by atoms with Crippen LogP contribution in [-0.2, 0) is 19.3 Å². The second-order valence-electron chi connectivity index (χ2n) is 13.3. The van der Waals surface area contributed by atoms with Crippen LogP contribution in [0.25, 0.3) is 0 Å². The predicted molar refractivity (Wildman–Crippen MR) is 153 cm³/mol. The Morgan fingerprint density at radius 1 is 1.02 bits per heavy atom. The number of nitrogens with one attached hydrogen (secondary N) is 1. The van der Waals surface area contributed by atoms with Gasteiger partial charge in [-0.15, -0.1) is 0 Å². The molecule has 222 valence electrons. The summed E-state index contributed by atoms with van der Waals surface area (Å²) in [4.78, 5) is 28.5. The Balaban J connectivity index is 1.03. The van der Waals surface area contributed by atoms with Gasteiger partial charge in [-0.2, -0.15) is 0 Å². The topological polar surface area (TPSA) is 95.3 Å². The maximum absolute atomic E-state index is 13.4. The number of fused-ring (bicyclic) bond motifs is 1. The minimum absolute atomic E-state index is 0.0171. The van der Waals surface area contributed by atoms with Gasteiger partial charge in [0.25, 0.3) is 0 Å². The number of hydrogen-bond acceptors (Lipinski definition) is 7. The molecule has 4 unspecified atom stereocenters. The Morgan fingerprint density at radius 3 is 2.58 bits per heavy atom. The van der Waals surface area contributed by atoms with E-state index in [4.69, 9.17) is 25.0 Å². The van der Waals surface area contributed by atoms with E-state index in [2.05, 4.69) is 34.5 Å². The maximum Gasteiger partial charge on any atom is 0.226 e. The van der Waals surface area contributed by atoms with Gasteiger partial charge in [-0.1, -0.05) is 12.1 Å². The third-order valence-corrected chi connectivity index (χ3v) is 10.4. The summed E-state index contributed by atoms with van der Waals surface area (Å²) in [5, 5.41) is 3.20. The number of ether oxygens (including phenoxy) is 2. The van der Waals surface area contributed by atoms with Crippen LogP contribution in [0.15, 0.2) is 24.3 Å². The van der Waals surface area contributed by atoms with Gasteiger partial charge in [-0.3, -0.25) is 9.69 Å². The molecule has 1 aromatic carbocycles. The molecule has 7 rings (SSSR count). The van der Waals surface area contributed by atoms with Crippen molar-refractivity contribution in [3.8, 4) is 5.75 Å². The van der Waals surface area contributed by atoms with E-state index in [1.54, 1.807) is 0 Å². The molecule has 8 nitrogen and oxygen atoms in total. The molecule has 3 N–H and O–H groups in total. The van der Waals surface area contributed by atoms with Gasteiger partial charge in [0.05, 0.1) is 24.7 Å². The molecule has 4 bridgehead atoms. The second-order valence-corrected chi connectivity index (χ2v) is 13.3. The van der Waals surface area contributed by atoms with Gasteiger partial charge in [0, 0.05) is 26.2 Å². The molecule has 1 amide bonds. The highest BCUT2D eigenvalue weighted by atomic mass is 17.2. The van der Waals surface area contributed by atoms with Crippen molar-refractivity contribution in [3.05, 3.63) is 29.8 Å². The molecule has 3 saturated heterocycles. The molecular formula is C32H49N3O5. The van der Waals surface area contributed by atoms with E-state index < -0.39 is 0 Å². The number of nitrogens with two attached hydrogens (primary N) is 1. The summed E-state index contributed by atoms with van der Waals surface area (Å²) in [7, 11) is 0. The van der Waals surface area contributed by atoms with Gasteiger partial charge in [-0.25, -0.2) is 9.78 Å². The fraction of sp³-hybridized carbons (Fsp3) is 0.781. The van der Waals surface area contributed by atoms with Crippen LogP contribution < -0.4 is 15.8 Å². The highest BCUT2D eigenvalue weighted by Gasteiger charge is 2.54. The van der Waals surface area contributed by atoms with Crippen LogP contribution in [0.4, 0.5) is 0 Å². The molecular weight excluding hydrogens is 506 g/mol. The quantitative estimate of drug-likeness (QED) is 0.349. The van der Waals surface area contributed by atoms with Crippen molar-refractivity contribution in [1.29, 1.82) is 0 Å². The average Bonchev–Trinajstić information content (AvgIpc) is 3.04. The second kappa shape index (κ2) is 12.7. The van der Waals surface area contributed by atoms with E-state index in [1.807, 2.05) is 0 Å². The van der Waals surface area contributed by atoms with E-state index >= 15 is 0 Å². The van der Waals surface area contributed by atoms with Crippen molar-refractivity contribution in [2.45, 2.75) is 88.3 Å². The Labute approximate surface area is 239 Å². The zero-order chi connectivity index (χ0) is 27.4. The Hall–Kier alpha value is -1.71. The Morgan fingerprint density at radius 2 is 1.80 bits per heavy atom. The smallest absolute Gasteiger partial charge is 0.226 e. The van der Waals surface area contributed by atoms with Crippen LogP contribution in [0.3, 0.4) is 0 Å². The number of benzene rings is 1. The number of rotatable bonds is 9. The van der Waals surface area contributed by atoms with Gasteiger partial charge < -0.3 is 20.5 Å². The van der Waals surface area contributed by atoms with Gasteiger partial charge in [0.1, 0.15) is 18.0 Å². The molecule has 0 aromatic heterocycles. The fourth-order valence-corrected chi connectivity index (χ4v) is 8.51. The summed E-state index contributed by atoms with van der Waals surface area (Å²) < 4.78 is 11.5. The molecule has 3 saturated carbocycles. The molecule has 3 heterocycles. The van der Waals surface area contributed by atoms with Crippen LogP contribution >= 0.6 is 0 Å². The lowest BCUT2D eigenvalue weighted by molar-refractivity contribution is -0.395. The lowest BCUT2D eigenvalue weighted by Crippen LogP contribution is -2.51. The number of carbonyl (C=O) groups excluding carboxylic acids is 1. The van der Waals surface area contributed by atoms with Crippen molar-refractivity contribution in [1.82, 2.24) is 10.2 Å². The first-order chi connectivity index (χ1) is 19.5. The zero-order valence-electron chi connectivity index (χ0n) is 24.1. The molecule has 1 spiro atoms. The Kier molecular flexibility index (Phi) is 8.99. The standard InChI is InChI=1S/C32H49N3O5/c33-10-1-11-34-30(36)31-20-24-18-25(21-31)22-32(40-39-29(19-24)23-31)8-6-27(7-9-32)26-2-4-28(5-3-26)38-17-14-35-12-15-37-16-13-35/h2-5,24-25,27,29H,1,6-23,33H2,(H,34,36). The van der Waals surface area contributed by atoms with Crippen molar-refractivity contribution < 1.29 is 24.0 Å². The van der Waals surface area contributed by atoms with Crippen LogP contribution in [-0.4, -0.2) is 75.1 Å². The van der Waals surface area contributed by atoms with E-state index in [-0.39, 0.29) is 23.0 Å². The third kappa shape index (κ3) is 6.51. The van der Waals surface area contributed by atoms with Gasteiger partial charge in [-0.05, 0) is 113 Å². The maximum atomic E-state index is 13.4. The zero-order valence-corrected chi connectivity index (χ0v) is 24.1. The highest BCUT2D eigenvalue weighted by Crippen LogP contribution is 2.56. The summed E-state index contributed by atoms with van der Waals surface area (Å²) in [6, 6.07) is 8.76. The fourth-order valence-electron chi connectivity index (χ4n) is 8.51. The van der Waals surface area contributed by atoms with Crippen molar-refractivity contribution in [3.63, 3.8) is 0 Å². The van der Waals surface area contributed by atoms with Crippen LogP contribution in [0, 0.1) is 17.3 Å². The van der Waals surface area contributed by atoms with Crippen LogP contribution in [0.2, 0.25) is 0 Å². The van der Waals surface area contributed by atoms with Crippen molar-refractivity contribution in [2.24, 2.45) is 23.0 Å². The van der Waals surface area contributed by atoms with Crippen LogP contribution in [0.5, 0.6) is 5.75 Å². The van der Waals surface area contributed by atoms with E-state index in [9.17, 15) is 4.79 Å². The summed E-state index contributed by atoms with van der Waals surface area (Å²) in [5.41, 5.74) is 6.53. The molecule has 0 radical (unpaired) electrons. The number of morpholine rings is 1. The van der Waals surface area contributed by atoms with E-state index in [0.29, 0.717) is 37.5 Å². The molecule has 3 aliphatic carbocycles. The molecule has 8 heteroatoms. The first-order valence-corrected chi connectivity index (χ1v) is 15.9. The summed E-state index contributed by atoms with van der Waals surface area (Å²) in [6.07, 6.45) is 11.1. The molecule has 3 aliphatic heterocycles. The van der Waals surface area contributed by atoms with Crippen LogP contribution in [0.1, 0.15) is 82.1 Å². The largest absolute Gasteiger partial charge is 0.492 e. The van der Waals surface area contributed by atoms with E-state index in [1.165, 1.54) is 12.0 Å². The van der Waals surface area contributed by atoms with Crippen molar-refractivity contribution in [2.75, 3.05) is 52.5 Å². The summed E-state index contributed by atoms with van der Waals surface area (Å²) in [5.74, 6) is 2.78. The SMILES string of the molecule is NCCCNC(=O)C12CC3CC(CC4(CCC(c5ccc(OCCN6CCOCC6)cc5)CC4)OOC(C3)C1)C2. The lowest BCUT2D eigenvalue weighted by atomic mass is 9.56. The first-order valence-electron chi connectivity index (χ1n) is 15.9. The predicted octanol–water partition coefficient (Wildman–Crippen LogP) is 4.18. The van der Waals surface area contributed by atoms with Gasteiger partial charge in [0.15, 0.2) is 0 Å². The lowest BCUT2D eigenvalue weighted by Gasteiger charge is -2.48. The highest BCUT2D eigenvalue weighted by molar-refractivity contribution is 5.83. The number of nitrogens with zero attached hydrogens (tertiary/aromatic N) is 1. The molecule has 6 fully saturated rings. The third-order valence-electron chi connectivity index (χ3n) is 10.4. The monoisotopic (exact) mass is 555 g/mol. The van der Waals surface area contributed by atoms with Crippen molar-refractivity contribution >= 4 is 5.91 Å². The molecule has 1 aromatic rings. The first kappa shape index (κ1) is 28.4. The van der Waals surface area contributed by atoms with E-state index in [0.717, 1.165) is 103 Å². The summed E-state index contributed by atoms with van der Waals surface area (Å²) in [6.45, 7) is 6.56. The Bertz CT molecular complexity index is 975. The van der Waals surface area contributed by atoms with Gasteiger partial charge >= 0.3 is 0 Å². The minimum atomic E-state index is -0.302. The van der Waals surface area contributed by atoms with Gasteiger partial charge in [0.2, 0.25) is 5.91 Å². The minimum Gasteiger partial charge on any atom is -0.492 e. The molecule has 6 aliphatic rings. The number of carbonyl (C=O) groups is 1. The molecule has 40 heavy (non-hydrogen) atoms. The number of amides is 1.